The first-order valence-electron chi connectivity index (χ1n) is 5.62. The Balaban J connectivity index is 2.46. The van der Waals surface area contributed by atoms with Crippen molar-refractivity contribution in [3.05, 3.63) is 45.2 Å². The van der Waals surface area contributed by atoms with E-state index in [1.165, 1.54) is 31.2 Å². The van der Waals surface area contributed by atoms with Gasteiger partial charge >= 0.3 is 0 Å². The number of benzene rings is 1. The smallest absolute Gasteiger partial charge is 0.278 e. The van der Waals surface area contributed by atoms with E-state index in [2.05, 4.69) is 5.10 Å². The van der Waals surface area contributed by atoms with E-state index < -0.39 is 4.92 Å². The number of nitrogens with zero attached hydrogens (tertiary/aromatic N) is 3. The summed E-state index contributed by atoms with van der Waals surface area (Å²) in [5, 5.41) is 15.6. The molecule has 1 aromatic heterocycles. The SMILES string of the molecule is COc1cc(Cn2cc(Cl)cn2)c([N+](=O)[O-])cc1OC. The molecule has 8 heteroatoms. The van der Waals surface area contributed by atoms with Crippen LogP contribution in [0.4, 0.5) is 5.69 Å². The number of ether oxygens (including phenoxy) is 2. The molecule has 0 amide bonds. The second-order valence-corrected chi connectivity index (χ2v) is 4.39. The number of rotatable bonds is 5. The predicted octanol–water partition coefficient (Wildman–Crippen LogP) is 2.51. The second-order valence-electron chi connectivity index (χ2n) is 3.95. The minimum Gasteiger partial charge on any atom is -0.493 e. The molecule has 1 aromatic carbocycles. The maximum Gasteiger partial charge on any atom is 0.278 e. The van der Waals surface area contributed by atoms with E-state index in [-0.39, 0.29) is 12.2 Å². The third-order valence-electron chi connectivity index (χ3n) is 2.72. The highest BCUT2D eigenvalue weighted by Crippen LogP contribution is 2.34. The Morgan fingerprint density at radius 3 is 2.50 bits per heavy atom. The van der Waals surface area contributed by atoms with Crippen LogP contribution in [0.15, 0.2) is 24.5 Å². The first-order valence-corrected chi connectivity index (χ1v) is 6.00. The fourth-order valence-corrected chi connectivity index (χ4v) is 1.96. The summed E-state index contributed by atoms with van der Waals surface area (Å²) >= 11 is 5.77. The van der Waals surface area contributed by atoms with Crippen molar-refractivity contribution in [2.24, 2.45) is 0 Å². The van der Waals surface area contributed by atoms with Gasteiger partial charge in [0.15, 0.2) is 11.5 Å². The summed E-state index contributed by atoms with van der Waals surface area (Å²) in [7, 11) is 2.90. The molecule has 106 valence electrons. The number of halogens is 1. The standard InChI is InChI=1S/C12H12ClN3O4/c1-19-11-3-8(6-15-7-9(13)5-14-15)10(16(17)18)4-12(11)20-2/h3-5,7H,6H2,1-2H3. The van der Waals surface area contributed by atoms with Gasteiger partial charge in [-0.2, -0.15) is 5.10 Å². The van der Waals surface area contributed by atoms with Crippen molar-refractivity contribution in [3.63, 3.8) is 0 Å². The van der Waals surface area contributed by atoms with Crippen molar-refractivity contribution in [3.8, 4) is 11.5 Å². The predicted molar refractivity (Wildman–Crippen MR) is 72.5 cm³/mol. The molecule has 0 radical (unpaired) electrons. The van der Waals surface area contributed by atoms with E-state index in [1.807, 2.05) is 0 Å². The van der Waals surface area contributed by atoms with Crippen LogP contribution in [-0.4, -0.2) is 28.9 Å². The summed E-state index contributed by atoms with van der Waals surface area (Å²) in [6, 6.07) is 2.89. The van der Waals surface area contributed by atoms with E-state index in [0.29, 0.717) is 22.1 Å². The van der Waals surface area contributed by atoms with Gasteiger partial charge in [-0.25, -0.2) is 0 Å². The van der Waals surface area contributed by atoms with E-state index in [9.17, 15) is 10.1 Å². The average molecular weight is 298 g/mol. The topological polar surface area (TPSA) is 79.4 Å². The molecule has 7 nitrogen and oxygen atoms in total. The third kappa shape index (κ3) is 2.83. The molecule has 2 aromatic rings. The van der Waals surface area contributed by atoms with Gasteiger partial charge in [-0.05, 0) is 6.07 Å². The molecule has 0 atom stereocenters. The molecule has 0 saturated carbocycles. The maximum atomic E-state index is 11.1. The lowest BCUT2D eigenvalue weighted by atomic mass is 10.1. The van der Waals surface area contributed by atoms with Crippen LogP contribution in [-0.2, 0) is 6.54 Å². The Bertz CT molecular complexity index is 642. The van der Waals surface area contributed by atoms with Gasteiger partial charge in [0.25, 0.3) is 5.69 Å². The molecule has 0 saturated heterocycles. The van der Waals surface area contributed by atoms with Gasteiger partial charge in [0.05, 0.1) is 48.5 Å². The van der Waals surface area contributed by atoms with Crippen molar-refractivity contribution in [2.75, 3.05) is 14.2 Å². The summed E-state index contributed by atoms with van der Waals surface area (Å²) < 4.78 is 11.7. The van der Waals surface area contributed by atoms with Crippen LogP contribution in [0.2, 0.25) is 5.02 Å². The molecular weight excluding hydrogens is 286 g/mol. The van der Waals surface area contributed by atoms with Gasteiger partial charge in [0.2, 0.25) is 0 Å². The summed E-state index contributed by atoms with van der Waals surface area (Å²) in [5.74, 6) is 0.729. The highest BCUT2D eigenvalue weighted by molar-refractivity contribution is 6.30. The monoisotopic (exact) mass is 297 g/mol. The average Bonchev–Trinajstić information content (AvgIpc) is 2.83. The molecule has 0 aliphatic rings. The van der Waals surface area contributed by atoms with Gasteiger partial charge in [0, 0.05) is 6.20 Å². The van der Waals surface area contributed by atoms with Crippen LogP contribution in [0.1, 0.15) is 5.56 Å². The Morgan fingerprint density at radius 1 is 1.35 bits per heavy atom. The quantitative estimate of drug-likeness (QED) is 0.626. The van der Waals surface area contributed by atoms with Crippen molar-refractivity contribution in [1.82, 2.24) is 9.78 Å². The van der Waals surface area contributed by atoms with Crippen LogP contribution >= 0.6 is 11.6 Å². The third-order valence-corrected chi connectivity index (χ3v) is 2.91. The number of nitro groups is 1. The number of hydrogen-bond acceptors (Lipinski definition) is 5. The van der Waals surface area contributed by atoms with Gasteiger partial charge < -0.3 is 9.47 Å². The van der Waals surface area contributed by atoms with Crippen LogP contribution in [0, 0.1) is 10.1 Å². The molecule has 0 aliphatic carbocycles. The largest absolute Gasteiger partial charge is 0.493 e. The van der Waals surface area contributed by atoms with Gasteiger partial charge in [0.1, 0.15) is 0 Å². The highest BCUT2D eigenvalue weighted by atomic mass is 35.5. The van der Waals surface area contributed by atoms with Crippen molar-refractivity contribution < 1.29 is 14.4 Å². The zero-order valence-electron chi connectivity index (χ0n) is 10.9. The minimum atomic E-state index is -0.470. The van der Waals surface area contributed by atoms with Gasteiger partial charge in [-0.3, -0.25) is 14.8 Å². The van der Waals surface area contributed by atoms with Crippen LogP contribution in [0.5, 0.6) is 11.5 Å². The summed E-state index contributed by atoms with van der Waals surface area (Å²) in [4.78, 5) is 10.7. The van der Waals surface area contributed by atoms with Crippen LogP contribution in [0.25, 0.3) is 0 Å². The molecule has 2 rings (SSSR count). The molecule has 0 unspecified atom stereocenters. The maximum absolute atomic E-state index is 11.1. The lowest BCUT2D eigenvalue weighted by Gasteiger charge is -2.10. The lowest BCUT2D eigenvalue weighted by molar-refractivity contribution is -0.385. The number of methoxy groups -OCH3 is 2. The molecule has 0 aliphatic heterocycles. The first kappa shape index (κ1) is 14.1. The van der Waals surface area contributed by atoms with Crippen molar-refractivity contribution in [2.45, 2.75) is 6.54 Å². The molecule has 0 spiro atoms. The molecule has 1 heterocycles. The van der Waals surface area contributed by atoms with E-state index in [0.717, 1.165) is 0 Å². The molecule has 0 N–H and O–H groups in total. The zero-order valence-corrected chi connectivity index (χ0v) is 11.6. The Hall–Kier alpha value is -2.28. The molecule has 20 heavy (non-hydrogen) atoms. The molecule has 0 fully saturated rings. The van der Waals surface area contributed by atoms with Gasteiger partial charge in [-0.1, -0.05) is 11.6 Å². The zero-order chi connectivity index (χ0) is 14.7. The van der Waals surface area contributed by atoms with E-state index in [4.69, 9.17) is 21.1 Å². The second kappa shape index (κ2) is 5.79. The Labute approximate surface area is 119 Å². The molecular formula is C12H12ClN3O4. The highest BCUT2D eigenvalue weighted by Gasteiger charge is 2.19. The normalized spacial score (nSPS) is 10.3. The Morgan fingerprint density at radius 2 is 2.00 bits per heavy atom. The van der Waals surface area contributed by atoms with Crippen molar-refractivity contribution >= 4 is 17.3 Å². The van der Waals surface area contributed by atoms with E-state index in [1.54, 1.807) is 12.3 Å². The minimum absolute atomic E-state index is 0.0609. The summed E-state index contributed by atoms with van der Waals surface area (Å²) in [6.07, 6.45) is 3.05. The Kier molecular flexibility index (Phi) is 4.09. The summed E-state index contributed by atoms with van der Waals surface area (Å²) in [6.45, 7) is 0.212. The van der Waals surface area contributed by atoms with Crippen LogP contribution in [0.3, 0.4) is 0 Å². The molecule has 0 bridgehead atoms. The number of hydrogen-bond donors (Lipinski definition) is 0. The first-order chi connectivity index (χ1) is 9.55. The fourth-order valence-electron chi connectivity index (χ4n) is 1.81. The van der Waals surface area contributed by atoms with Gasteiger partial charge in [-0.15, -0.1) is 0 Å². The fraction of sp³-hybridized carbons (Fsp3) is 0.250. The van der Waals surface area contributed by atoms with Crippen molar-refractivity contribution in [1.29, 1.82) is 0 Å². The summed E-state index contributed by atoms with van der Waals surface area (Å²) in [5.41, 5.74) is 0.390. The van der Waals surface area contributed by atoms with Crippen LogP contribution < -0.4 is 9.47 Å². The van der Waals surface area contributed by atoms with E-state index >= 15 is 0 Å². The number of nitro benzene ring substituents is 1. The lowest BCUT2D eigenvalue weighted by Crippen LogP contribution is -2.05. The number of aromatic nitrogens is 2.